The Hall–Kier alpha value is -0.120. The molecule has 2 unspecified atom stereocenters. The summed E-state index contributed by atoms with van der Waals surface area (Å²) in [4.78, 5) is 2.62. The summed E-state index contributed by atoms with van der Waals surface area (Å²) in [6, 6.07) is 0. The van der Waals surface area contributed by atoms with Gasteiger partial charge in [0.25, 0.3) is 0 Å². The number of nitrogens with zero attached hydrogens (tertiary/aromatic N) is 1. The molecule has 120 valence electrons. The highest BCUT2D eigenvalue weighted by Gasteiger charge is 2.38. The smallest absolute Gasteiger partial charge is 0.0600 e. The van der Waals surface area contributed by atoms with Crippen molar-refractivity contribution in [3.8, 4) is 0 Å². The highest BCUT2D eigenvalue weighted by atomic mass is 16.5. The molecule has 1 rings (SSSR count). The predicted molar refractivity (Wildman–Crippen MR) is 87.0 cm³/mol. The maximum absolute atomic E-state index is 6.21. The van der Waals surface area contributed by atoms with E-state index in [-0.39, 0.29) is 11.1 Å². The maximum atomic E-state index is 6.21. The Balaban J connectivity index is 2.66. The van der Waals surface area contributed by atoms with E-state index in [9.17, 15) is 0 Å². The Morgan fingerprint density at radius 1 is 1.30 bits per heavy atom. The first-order valence-corrected chi connectivity index (χ1v) is 8.42. The van der Waals surface area contributed by atoms with Gasteiger partial charge >= 0.3 is 0 Å². The molecule has 1 aliphatic rings. The molecule has 0 saturated heterocycles. The third kappa shape index (κ3) is 5.34. The molecular formula is C17H36N2O. The molecule has 3 heteroatoms. The molecule has 0 heterocycles. The molecule has 0 amide bonds. The molecule has 0 spiro atoms. The molecule has 1 aliphatic carbocycles. The fourth-order valence-corrected chi connectivity index (χ4v) is 3.55. The summed E-state index contributed by atoms with van der Waals surface area (Å²) in [6.45, 7) is 14.7. The summed E-state index contributed by atoms with van der Waals surface area (Å²) in [5.41, 5.74) is 6.38. The van der Waals surface area contributed by atoms with Gasteiger partial charge in [0, 0.05) is 18.6 Å². The highest BCUT2D eigenvalue weighted by molar-refractivity contribution is 4.95. The van der Waals surface area contributed by atoms with Crippen molar-refractivity contribution in [3.63, 3.8) is 0 Å². The number of hydrogen-bond donors (Lipinski definition) is 1. The standard InChI is InChI=1S/C17H36N2O/c1-6-10-19(11-12-20-16(3,4)5)17(14-18)9-7-8-15(2)13-17/h15H,6-14,18H2,1-5H3. The van der Waals surface area contributed by atoms with E-state index in [1.54, 1.807) is 0 Å². The van der Waals surface area contributed by atoms with Crippen molar-refractivity contribution >= 4 is 0 Å². The Kier molecular flexibility index (Phi) is 6.96. The van der Waals surface area contributed by atoms with E-state index in [0.717, 1.165) is 32.2 Å². The molecule has 2 N–H and O–H groups in total. The summed E-state index contributed by atoms with van der Waals surface area (Å²) in [6.07, 6.45) is 6.37. The SMILES string of the molecule is CCCN(CCOC(C)(C)C)C1(CN)CCCC(C)C1. The van der Waals surface area contributed by atoms with Crippen LogP contribution in [0.25, 0.3) is 0 Å². The van der Waals surface area contributed by atoms with Gasteiger partial charge in [-0.2, -0.15) is 0 Å². The van der Waals surface area contributed by atoms with E-state index in [1.165, 1.54) is 32.1 Å². The largest absolute Gasteiger partial charge is 0.375 e. The van der Waals surface area contributed by atoms with E-state index in [1.807, 2.05) is 0 Å². The summed E-state index contributed by atoms with van der Waals surface area (Å²) in [5, 5.41) is 0. The van der Waals surface area contributed by atoms with Gasteiger partial charge in [0.05, 0.1) is 12.2 Å². The molecule has 0 aromatic rings. The zero-order valence-corrected chi connectivity index (χ0v) is 14.4. The summed E-state index contributed by atoms with van der Waals surface area (Å²) in [5.74, 6) is 0.801. The third-order valence-corrected chi connectivity index (χ3v) is 4.51. The van der Waals surface area contributed by atoms with Crippen LogP contribution in [-0.2, 0) is 4.74 Å². The third-order valence-electron chi connectivity index (χ3n) is 4.51. The van der Waals surface area contributed by atoms with Crippen LogP contribution >= 0.6 is 0 Å². The summed E-state index contributed by atoms with van der Waals surface area (Å²) < 4.78 is 5.93. The van der Waals surface area contributed by atoms with Crippen molar-refractivity contribution in [2.24, 2.45) is 11.7 Å². The van der Waals surface area contributed by atoms with Gasteiger partial charge in [-0.3, -0.25) is 4.90 Å². The van der Waals surface area contributed by atoms with Crippen molar-refractivity contribution in [2.45, 2.75) is 77.9 Å². The van der Waals surface area contributed by atoms with E-state index in [2.05, 4.69) is 39.5 Å². The number of rotatable bonds is 7. The molecule has 1 fully saturated rings. The van der Waals surface area contributed by atoms with Crippen molar-refractivity contribution in [2.75, 3.05) is 26.2 Å². The van der Waals surface area contributed by atoms with E-state index >= 15 is 0 Å². The number of ether oxygens (including phenoxy) is 1. The average Bonchev–Trinajstić information content (AvgIpc) is 2.36. The van der Waals surface area contributed by atoms with Crippen LogP contribution in [0.15, 0.2) is 0 Å². The van der Waals surface area contributed by atoms with Crippen molar-refractivity contribution in [1.29, 1.82) is 0 Å². The van der Waals surface area contributed by atoms with Gasteiger partial charge in [0.2, 0.25) is 0 Å². The molecule has 0 aromatic heterocycles. The predicted octanol–water partition coefficient (Wildman–Crippen LogP) is 3.42. The Morgan fingerprint density at radius 2 is 2.00 bits per heavy atom. The van der Waals surface area contributed by atoms with Crippen LogP contribution in [0, 0.1) is 5.92 Å². The van der Waals surface area contributed by atoms with Crippen LogP contribution < -0.4 is 5.73 Å². The quantitative estimate of drug-likeness (QED) is 0.778. The molecule has 2 atom stereocenters. The molecule has 0 aliphatic heterocycles. The highest BCUT2D eigenvalue weighted by Crippen LogP contribution is 2.36. The van der Waals surface area contributed by atoms with Gasteiger partial charge in [-0.25, -0.2) is 0 Å². The second-order valence-corrected chi connectivity index (χ2v) is 7.58. The molecule has 1 saturated carbocycles. The first-order chi connectivity index (χ1) is 9.33. The van der Waals surface area contributed by atoms with Crippen molar-refractivity contribution in [3.05, 3.63) is 0 Å². The minimum absolute atomic E-state index is 0.0480. The maximum Gasteiger partial charge on any atom is 0.0600 e. The fourth-order valence-electron chi connectivity index (χ4n) is 3.55. The van der Waals surface area contributed by atoms with Gasteiger partial charge in [-0.1, -0.05) is 26.7 Å². The van der Waals surface area contributed by atoms with Crippen LogP contribution in [0.5, 0.6) is 0 Å². The number of nitrogens with two attached hydrogens (primary N) is 1. The normalized spacial score (nSPS) is 28.1. The van der Waals surface area contributed by atoms with E-state index < -0.39 is 0 Å². The zero-order chi connectivity index (χ0) is 15.2. The first kappa shape index (κ1) is 17.9. The van der Waals surface area contributed by atoms with Crippen LogP contribution in [0.1, 0.15) is 66.7 Å². The van der Waals surface area contributed by atoms with Gasteiger partial charge in [0.1, 0.15) is 0 Å². The summed E-state index contributed by atoms with van der Waals surface area (Å²) in [7, 11) is 0. The molecular weight excluding hydrogens is 248 g/mol. The van der Waals surface area contributed by atoms with Crippen LogP contribution in [0.2, 0.25) is 0 Å². The molecule has 0 aromatic carbocycles. The topological polar surface area (TPSA) is 38.5 Å². The lowest BCUT2D eigenvalue weighted by molar-refractivity contribution is -0.0381. The van der Waals surface area contributed by atoms with Crippen LogP contribution in [0.4, 0.5) is 0 Å². The minimum Gasteiger partial charge on any atom is -0.375 e. The van der Waals surface area contributed by atoms with E-state index in [0.29, 0.717) is 0 Å². The summed E-state index contributed by atoms with van der Waals surface area (Å²) >= 11 is 0. The molecule has 20 heavy (non-hydrogen) atoms. The van der Waals surface area contributed by atoms with Gasteiger partial charge in [-0.15, -0.1) is 0 Å². The van der Waals surface area contributed by atoms with Crippen LogP contribution in [0.3, 0.4) is 0 Å². The first-order valence-electron chi connectivity index (χ1n) is 8.42. The zero-order valence-electron chi connectivity index (χ0n) is 14.4. The van der Waals surface area contributed by atoms with Gasteiger partial charge < -0.3 is 10.5 Å². The monoisotopic (exact) mass is 284 g/mol. The Labute approximate surface area is 126 Å². The Morgan fingerprint density at radius 3 is 2.50 bits per heavy atom. The van der Waals surface area contributed by atoms with Crippen molar-refractivity contribution in [1.82, 2.24) is 4.90 Å². The minimum atomic E-state index is -0.0480. The molecule has 3 nitrogen and oxygen atoms in total. The molecule has 0 bridgehead atoms. The average molecular weight is 284 g/mol. The fraction of sp³-hybridized carbons (Fsp3) is 1.00. The van der Waals surface area contributed by atoms with Crippen molar-refractivity contribution < 1.29 is 4.74 Å². The van der Waals surface area contributed by atoms with Crippen LogP contribution in [-0.4, -0.2) is 42.3 Å². The lowest BCUT2D eigenvalue weighted by atomic mass is 9.75. The van der Waals surface area contributed by atoms with E-state index in [4.69, 9.17) is 10.5 Å². The lowest BCUT2D eigenvalue weighted by Gasteiger charge is -2.48. The lowest BCUT2D eigenvalue weighted by Crippen LogP contribution is -2.57. The van der Waals surface area contributed by atoms with Gasteiger partial charge in [-0.05, 0) is 52.5 Å². The Bertz CT molecular complexity index is 275. The second kappa shape index (κ2) is 7.77. The number of hydrogen-bond acceptors (Lipinski definition) is 3. The molecule has 0 radical (unpaired) electrons. The second-order valence-electron chi connectivity index (χ2n) is 7.58. The van der Waals surface area contributed by atoms with Gasteiger partial charge in [0.15, 0.2) is 0 Å².